The Kier molecular flexibility index (Phi) is 10.4. The van der Waals surface area contributed by atoms with Gasteiger partial charge in [0.2, 0.25) is 11.8 Å². The van der Waals surface area contributed by atoms with E-state index in [-0.39, 0.29) is 25.2 Å². The first-order valence-electron chi connectivity index (χ1n) is 11.9. The zero-order chi connectivity index (χ0) is 27.8. The summed E-state index contributed by atoms with van der Waals surface area (Å²) in [6.45, 7) is 3.79. The lowest BCUT2D eigenvalue weighted by Crippen LogP contribution is -2.38. The number of hydrogen-bond acceptors (Lipinski definition) is 9. The summed E-state index contributed by atoms with van der Waals surface area (Å²) in [5.41, 5.74) is 0.167. The van der Waals surface area contributed by atoms with E-state index < -0.39 is 22.5 Å². The maximum atomic E-state index is 11.9. The van der Waals surface area contributed by atoms with Crippen LogP contribution in [0.15, 0.2) is 30.3 Å². The van der Waals surface area contributed by atoms with Gasteiger partial charge < -0.3 is 28.8 Å². The quantitative estimate of drug-likeness (QED) is 0.290. The molecule has 2 aromatic rings. The van der Waals surface area contributed by atoms with Crippen molar-refractivity contribution in [1.82, 2.24) is 0 Å². The zero-order valence-corrected chi connectivity index (χ0v) is 22.4. The Balaban J connectivity index is 2.37. The lowest BCUT2D eigenvalue weighted by atomic mass is 9.69. The van der Waals surface area contributed by atoms with Crippen LogP contribution < -0.4 is 23.7 Å². The Labute approximate surface area is 217 Å². The molecular weight excluding hydrogens is 480 g/mol. The van der Waals surface area contributed by atoms with Gasteiger partial charge in [-0.3, -0.25) is 10.1 Å². The maximum Gasteiger partial charge on any atom is 0.242 e. The molecule has 0 aliphatic heterocycles. The Bertz CT molecular complexity index is 1090. The van der Waals surface area contributed by atoms with Crippen molar-refractivity contribution in [3.63, 3.8) is 0 Å². The molecule has 2 aromatic carbocycles. The van der Waals surface area contributed by atoms with Crippen LogP contribution in [0.5, 0.6) is 28.7 Å². The number of rotatable bonds is 14. The molecule has 10 nitrogen and oxygen atoms in total. The number of nitrogens with zero attached hydrogens (tertiary/aromatic N) is 2. The third kappa shape index (κ3) is 6.35. The minimum absolute atomic E-state index is 0.0140. The molecule has 0 heterocycles. The molecule has 37 heavy (non-hydrogen) atoms. The number of benzene rings is 2. The van der Waals surface area contributed by atoms with Crippen LogP contribution in [0.3, 0.4) is 0 Å². The van der Waals surface area contributed by atoms with Gasteiger partial charge in [0.25, 0.3) is 0 Å². The van der Waals surface area contributed by atoms with Gasteiger partial charge in [-0.1, -0.05) is 19.9 Å². The largest absolute Gasteiger partial charge is 0.493 e. The average molecular weight is 517 g/mol. The molecule has 0 aliphatic rings. The van der Waals surface area contributed by atoms with Crippen LogP contribution >= 0.6 is 0 Å². The number of hydrogen-bond donors (Lipinski definition) is 1. The van der Waals surface area contributed by atoms with Crippen LogP contribution in [0.2, 0.25) is 0 Å². The van der Waals surface area contributed by atoms with Crippen molar-refractivity contribution >= 4 is 0 Å². The van der Waals surface area contributed by atoms with Crippen LogP contribution in [0.4, 0.5) is 0 Å². The van der Waals surface area contributed by atoms with Gasteiger partial charge in [0.15, 0.2) is 23.0 Å². The fraction of sp³-hybridized carbons (Fsp3) is 0.519. The molecule has 10 heteroatoms. The third-order valence-electron chi connectivity index (χ3n) is 6.81. The summed E-state index contributed by atoms with van der Waals surface area (Å²) >= 11 is 0. The van der Waals surface area contributed by atoms with Gasteiger partial charge in [0.1, 0.15) is 6.10 Å². The van der Waals surface area contributed by atoms with Crippen molar-refractivity contribution in [3.05, 3.63) is 51.6 Å². The van der Waals surface area contributed by atoms with E-state index in [1.54, 1.807) is 30.3 Å². The number of aliphatic hydroxyl groups is 1. The zero-order valence-electron chi connectivity index (χ0n) is 22.4. The van der Waals surface area contributed by atoms with Gasteiger partial charge >= 0.3 is 0 Å². The lowest BCUT2D eigenvalue weighted by Gasteiger charge is -2.33. The van der Waals surface area contributed by atoms with Crippen molar-refractivity contribution in [2.75, 3.05) is 35.5 Å². The van der Waals surface area contributed by atoms with Gasteiger partial charge in [0, 0.05) is 11.3 Å². The van der Waals surface area contributed by atoms with E-state index in [0.29, 0.717) is 39.9 Å². The molecule has 3 atom stereocenters. The number of aliphatic hydroxyl groups excluding tert-OH is 1. The molecule has 0 amide bonds. The number of nitro groups is 1. The molecule has 2 rings (SSSR count). The standard InChI is InChI=1S/C27H36N2O8/c1-17(2)27(16-28,19-14-24(35-5)26(37-7)25(15-19)36-6)11-10-21(30)20(29(31)32)12-18-8-9-22(33-3)23(13-18)34-4/h8-9,13-15,17,20-21,30H,10-12H2,1-7H3. The minimum atomic E-state index is -1.29. The van der Waals surface area contributed by atoms with E-state index in [1.807, 2.05) is 13.8 Å². The van der Waals surface area contributed by atoms with Crippen molar-refractivity contribution in [2.24, 2.45) is 5.92 Å². The topological polar surface area (TPSA) is 133 Å². The van der Waals surface area contributed by atoms with E-state index >= 15 is 0 Å². The SMILES string of the molecule is COc1ccc(CC(C(O)CCC(C#N)(c2cc(OC)c(OC)c(OC)c2)C(C)C)[N+](=O)[O-])cc1OC. The summed E-state index contributed by atoms with van der Waals surface area (Å²) in [5.74, 6) is 1.96. The number of ether oxygens (including phenoxy) is 5. The predicted molar refractivity (Wildman–Crippen MR) is 138 cm³/mol. The van der Waals surface area contributed by atoms with Crippen molar-refractivity contribution in [3.8, 4) is 34.8 Å². The Morgan fingerprint density at radius 3 is 1.95 bits per heavy atom. The smallest absolute Gasteiger partial charge is 0.242 e. The van der Waals surface area contributed by atoms with E-state index in [0.717, 1.165) is 0 Å². The molecule has 1 N–H and O–H groups in total. The van der Waals surface area contributed by atoms with E-state index in [1.165, 1.54) is 35.5 Å². The molecule has 0 spiro atoms. The monoisotopic (exact) mass is 516 g/mol. The van der Waals surface area contributed by atoms with E-state index in [4.69, 9.17) is 23.7 Å². The first-order valence-corrected chi connectivity index (χ1v) is 11.9. The first-order chi connectivity index (χ1) is 17.6. The predicted octanol–water partition coefficient (Wildman–Crippen LogP) is 4.18. The normalized spacial score (nSPS) is 14.2. The molecule has 0 bridgehead atoms. The first kappa shape index (κ1) is 29.5. The summed E-state index contributed by atoms with van der Waals surface area (Å²) in [4.78, 5) is 11.5. The molecule has 0 saturated heterocycles. The Morgan fingerprint density at radius 2 is 1.51 bits per heavy atom. The van der Waals surface area contributed by atoms with Crippen LogP contribution in [0.25, 0.3) is 0 Å². The minimum Gasteiger partial charge on any atom is -0.493 e. The summed E-state index contributed by atoms with van der Waals surface area (Å²) in [6.07, 6.45) is -1.10. The molecule has 0 radical (unpaired) electrons. The molecule has 0 fully saturated rings. The molecule has 202 valence electrons. The highest BCUT2D eigenvalue weighted by molar-refractivity contribution is 5.56. The molecule has 0 saturated carbocycles. The highest BCUT2D eigenvalue weighted by Crippen LogP contribution is 2.45. The van der Waals surface area contributed by atoms with Crippen molar-refractivity contribution in [2.45, 2.75) is 50.7 Å². The van der Waals surface area contributed by atoms with Gasteiger partial charge in [-0.15, -0.1) is 0 Å². The van der Waals surface area contributed by atoms with Gasteiger partial charge in [0.05, 0.1) is 47.0 Å². The summed E-state index contributed by atoms with van der Waals surface area (Å²) in [6, 6.07) is 9.59. The lowest BCUT2D eigenvalue weighted by molar-refractivity contribution is -0.534. The van der Waals surface area contributed by atoms with Gasteiger partial charge in [-0.2, -0.15) is 5.26 Å². The second-order valence-corrected chi connectivity index (χ2v) is 9.00. The van der Waals surface area contributed by atoms with Crippen LogP contribution in [0, 0.1) is 27.4 Å². The van der Waals surface area contributed by atoms with E-state index in [9.17, 15) is 20.5 Å². The Morgan fingerprint density at radius 1 is 0.946 bits per heavy atom. The van der Waals surface area contributed by atoms with Gasteiger partial charge in [-0.05, 0) is 54.2 Å². The fourth-order valence-corrected chi connectivity index (χ4v) is 4.52. The highest BCUT2D eigenvalue weighted by Gasteiger charge is 2.40. The van der Waals surface area contributed by atoms with Gasteiger partial charge in [-0.25, -0.2) is 0 Å². The highest BCUT2D eigenvalue weighted by atomic mass is 16.6. The van der Waals surface area contributed by atoms with Crippen LogP contribution in [-0.2, 0) is 11.8 Å². The molecule has 3 unspecified atom stereocenters. The summed E-state index contributed by atoms with van der Waals surface area (Å²) in [7, 11) is 7.46. The summed E-state index contributed by atoms with van der Waals surface area (Å²) < 4.78 is 26.8. The second-order valence-electron chi connectivity index (χ2n) is 9.00. The van der Waals surface area contributed by atoms with Crippen LogP contribution in [-0.4, -0.2) is 57.7 Å². The Hall–Kier alpha value is -3.71. The average Bonchev–Trinajstić information content (AvgIpc) is 2.90. The number of methoxy groups -OCH3 is 5. The molecule has 0 aliphatic carbocycles. The van der Waals surface area contributed by atoms with Crippen molar-refractivity contribution in [1.29, 1.82) is 5.26 Å². The molecule has 0 aromatic heterocycles. The van der Waals surface area contributed by atoms with Crippen LogP contribution in [0.1, 0.15) is 37.8 Å². The summed E-state index contributed by atoms with van der Waals surface area (Å²) in [5, 5.41) is 33.3. The second kappa shape index (κ2) is 13.0. The van der Waals surface area contributed by atoms with E-state index in [2.05, 4.69) is 6.07 Å². The third-order valence-corrected chi connectivity index (χ3v) is 6.81. The maximum absolute atomic E-state index is 11.9. The number of nitriles is 1. The fourth-order valence-electron chi connectivity index (χ4n) is 4.52. The van der Waals surface area contributed by atoms with Crippen molar-refractivity contribution < 1.29 is 33.7 Å². The molecular formula is C27H36N2O8.